The molecule has 1 heterocycles. The number of fused-ring (bicyclic) bond motifs is 1. The van der Waals surface area contributed by atoms with E-state index in [1.165, 1.54) is 18.2 Å². The van der Waals surface area contributed by atoms with Crippen molar-refractivity contribution in [1.82, 2.24) is 10.6 Å². The highest BCUT2D eigenvalue weighted by atomic mass is 127. The van der Waals surface area contributed by atoms with Crippen LogP contribution in [0.4, 0.5) is 8.78 Å². The summed E-state index contributed by atoms with van der Waals surface area (Å²) in [5.41, 5.74) is 2.03. The summed E-state index contributed by atoms with van der Waals surface area (Å²) >= 11 is 0. The molecule has 152 valence electrons. The first-order valence-corrected chi connectivity index (χ1v) is 8.94. The Morgan fingerprint density at radius 1 is 1.14 bits per heavy atom. The summed E-state index contributed by atoms with van der Waals surface area (Å²) in [4.78, 5) is 4.41. The predicted molar refractivity (Wildman–Crippen MR) is 115 cm³/mol. The number of halogens is 3. The van der Waals surface area contributed by atoms with Crippen LogP contribution >= 0.6 is 24.0 Å². The van der Waals surface area contributed by atoms with Crippen molar-refractivity contribution in [3.8, 4) is 5.75 Å². The Morgan fingerprint density at radius 3 is 2.75 bits per heavy atom. The Labute approximate surface area is 180 Å². The lowest BCUT2D eigenvalue weighted by atomic mass is 10.1. The van der Waals surface area contributed by atoms with Gasteiger partial charge in [-0.15, -0.1) is 24.0 Å². The summed E-state index contributed by atoms with van der Waals surface area (Å²) in [6.45, 7) is 3.92. The van der Waals surface area contributed by atoms with E-state index in [2.05, 4.69) is 15.6 Å². The summed E-state index contributed by atoms with van der Waals surface area (Å²) in [6, 6.07) is 9.48. The fourth-order valence-corrected chi connectivity index (χ4v) is 2.89. The number of benzene rings is 2. The van der Waals surface area contributed by atoms with Gasteiger partial charge in [0.2, 0.25) is 0 Å². The van der Waals surface area contributed by atoms with Crippen LogP contribution in [0.5, 0.6) is 5.75 Å². The van der Waals surface area contributed by atoms with E-state index in [4.69, 9.17) is 9.47 Å². The summed E-state index contributed by atoms with van der Waals surface area (Å²) in [7, 11) is 0. The SMILES string of the molecule is CCNC(=NCc1ccccc1F)NCCc1cc(F)cc2c1OCOC2.I. The lowest BCUT2D eigenvalue weighted by Gasteiger charge is -2.21. The number of aliphatic imine (C=N–C) groups is 1. The molecule has 1 aliphatic rings. The molecule has 0 aromatic heterocycles. The molecule has 0 radical (unpaired) electrons. The molecule has 5 nitrogen and oxygen atoms in total. The molecule has 0 unspecified atom stereocenters. The molecule has 0 saturated heterocycles. The molecular weight excluding hydrogens is 479 g/mol. The number of nitrogens with one attached hydrogen (secondary N) is 2. The smallest absolute Gasteiger partial charge is 0.191 e. The third-order valence-corrected chi connectivity index (χ3v) is 4.15. The Balaban J connectivity index is 0.00000280. The maximum Gasteiger partial charge on any atom is 0.191 e. The van der Waals surface area contributed by atoms with Crippen LogP contribution in [-0.2, 0) is 24.3 Å². The topological polar surface area (TPSA) is 54.9 Å². The van der Waals surface area contributed by atoms with Crippen molar-refractivity contribution >= 4 is 29.9 Å². The second-order valence-corrected chi connectivity index (χ2v) is 6.13. The van der Waals surface area contributed by atoms with Crippen molar-refractivity contribution in [2.24, 2.45) is 4.99 Å². The third kappa shape index (κ3) is 6.03. The van der Waals surface area contributed by atoms with Crippen molar-refractivity contribution in [3.05, 3.63) is 64.7 Å². The van der Waals surface area contributed by atoms with Gasteiger partial charge in [-0.3, -0.25) is 0 Å². The van der Waals surface area contributed by atoms with Crippen LogP contribution in [0, 0.1) is 11.6 Å². The van der Waals surface area contributed by atoms with Gasteiger partial charge in [0.25, 0.3) is 0 Å². The van der Waals surface area contributed by atoms with E-state index in [-0.39, 0.29) is 48.9 Å². The van der Waals surface area contributed by atoms with E-state index in [0.29, 0.717) is 43.4 Å². The Kier molecular flexibility index (Phi) is 8.91. The van der Waals surface area contributed by atoms with E-state index in [1.807, 2.05) is 6.92 Å². The van der Waals surface area contributed by atoms with Crippen molar-refractivity contribution in [2.75, 3.05) is 19.9 Å². The molecule has 0 bridgehead atoms. The molecule has 2 N–H and O–H groups in total. The highest BCUT2D eigenvalue weighted by Gasteiger charge is 2.16. The lowest BCUT2D eigenvalue weighted by molar-refractivity contribution is -0.0172. The van der Waals surface area contributed by atoms with Gasteiger partial charge in [-0.2, -0.15) is 0 Å². The maximum atomic E-state index is 13.8. The van der Waals surface area contributed by atoms with E-state index < -0.39 is 0 Å². The first-order valence-electron chi connectivity index (χ1n) is 8.94. The maximum absolute atomic E-state index is 13.8. The minimum Gasteiger partial charge on any atom is -0.467 e. The van der Waals surface area contributed by atoms with E-state index in [9.17, 15) is 8.78 Å². The van der Waals surface area contributed by atoms with Crippen LogP contribution in [-0.4, -0.2) is 25.8 Å². The van der Waals surface area contributed by atoms with Gasteiger partial charge in [0, 0.05) is 24.2 Å². The highest BCUT2D eigenvalue weighted by molar-refractivity contribution is 14.0. The van der Waals surface area contributed by atoms with Gasteiger partial charge in [0.1, 0.15) is 17.4 Å². The van der Waals surface area contributed by atoms with Gasteiger partial charge in [0.05, 0.1) is 13.2 Å². The van der Waals surface area contributed by atoms with Gasteiger partial charge in [-0.25, -0.2) is 13.8 Å². The third-order valence-electron chi connectivity index (χ3n) is 4.15. The molecule has 2 aromatic carbocycles. The molecule has 3 rings (SSSR count). The van der Waals surface area contributed by atoms with Crippen LogP contribution in [0.3, 0.4) is 0 Å². The summed E-state index contributed by atoms with van der Waals surface area (Å²) < 4.78 is 38.3. The Bertz CT molecular complexity index is 818. The molecule has 0 amide bonds. The number of hydrogen-bond acceptors (Lipinski definition) is 3. The van der Waals surface area contributed by atoms with Gasteiger partial charge in [0.15, 0.2) is 12.8 Å². The zero-order chi connectivity index (χ0) is 19.1. The zero-order valence-corrected chi connectivity index (χ0v) is 18.0. The first kappa shape index (κ1) is 22.4. The fourth-order valence-electron chi connectivity index (χ4n) is 2.89. The Morgan fingerprint density at radius 2 is 1.96 bits per heavy atom. The van der Waals surface area contributed by atoms with Crippen LogP contribution in [0.2, 0.25) is 0 Å². The molecule has 2 aromatic rings. The van der Waals surface area contributed by atoms with E-state index in [0.717, 1.165) is 11.1 Å². The molecule has 0 spiro atoms. The first-order chi connectivity index (χ1) is 13.2. The van der Waals surface area contributed by atoms with Crippen LogP contribution in [0.15, 0.2) is 41.4 Å². The predicted octanol–water partition coefficient (Wildman–Crippen LogP) is 3.75. The molecule has 1 aliphatic heterocycles. The number of ether oxygens (including phenoxy) is 2. The Hall–Kier alpha value is -1.94. The van der Waals surface area contributed by atoms with Crippen LogP contribution in [0.1, 0.15) is 23.6 Å². The number of guanidine groups is 1. The minimum atomic E-state index is -0.307. The standard InChI is InChI=1S/C20H23F2N3O2.HI/c1-2-23-20(25-11-15-5-3-4-6-18(15)22)24-8-7-14-9-17(21)10-16-12-26-13-27-19(14)16;/h3-6,9-10H,2,7-8,11-13H2,1H3,(H2,23,24,25);1H. The lowest BCUT2D eigenvalue weighted by Crippen LogP contribution is -2.38. The van der Waals surface area contributed by atoms with Crippen LogP contribution < -0.4 is 15.4 Å². The zero-order valence-electron chi connectivity index (χ0n) is 15.6. The van der Waals surface area contributed by atoms with Gasteiger partial charge >= 0.3 is 0 Å². The molecule has 0 saturated carbocycles. The van der Waals surface area contributed by atoms with E-state index >= 15 is 0 Å². The van der Waals surface area contributed by atoms with Crippen molar-refractivity contribution in [1.29, 1.82) is 0 Å². The molecular formula is C20H24F2IN3O2. The minimum absolute atomic E-state index is 0. The van der Waals surface area contributed by atoms with Gasteiger partial charge in [-0.05, 0) is 37.1 Å². The highest BCUT2D eigenvalue weighted by Crippen LogP contribution is 2.29. The normalized spacial score (nSPS) is 13.2. The fraction of sp³-hybridized carbons (Fsp3) is 0.350. The number of nitrogens with zero attached hydrogens (tertiary/aromatic N) is 1. The molecule has 0 fully saturated rings. The summed E-state index contributed by atoms with van der Waals surface area (Å²) in [5, 5.41) is 6.32. The van der Waals surface area contributed by atoms with Crippen molar-refractivity contribution in [3.63, 3.8) is 0 Å². The molecule has 8 heteroatoms. The monoisotopic (exact) mass is 503 g/mol. The summed E-state index contributed by atoms with van der Waals surface area (Å²) in [6.07, 6.45) is 0.560. The summed E-state index contributed by atoms with van der Waals surface area (Å²) in [5.74, 6) is 0.689. The molecule has 0 atom stereocenters. The molecule has 0 aliphatic carbocycles. The quantitative estimate of drug-likeness (QED) is 0.359. The average molecular weight is 503 g/mol. The van der Waals surface area contributed by atoms with E-state index in [1.54, 1.807) is 18.2 Å². The average Bonchev–Trinajstić information content (AvgIpc) is 2.67. The van der Waals surface area contributed by atoms with Gasteiger partial charge in [-0.1, -0.05) is 18.2 Å². The molecule has 28 heavy (non-hydrogen) atoms. The van der Waals surface area contributed by atoms with Crippen molar-refractivity contribution in [2.45, 2.75) is 26.5 Å². The second kappa shape index (κ2) is 11.2. The number of hydrogen-bond donors (Lipinski definition) is 2. The van der Waals surface area contributed by atoms with Gasteiger partial charge < -0.3 is 20.1 Å². The number of rotatable bonds is 6. The van der Waals surface area contributed by atoms with Crippen LogP contribution in [0.25, 0.3) is 0 Å². The largest absolute Gasteiger partial charge is 0.467 e. The van der Waals surface area contributed by atoms with Crippen molar-refractivity contribution < 1.29 is 18.3 Å². The second-order valence-electron chi connectivity index (χ2n) is 6.13.